The van der Waals surface area contributed by atoms with Crippen molar-refractivity contribution >= 4 is 23.5 Å². The van der Waals surface area contributed by atoms with Gasteiger partial charge >= 0.3 is 11.9 Å². The molecule has 9 nitrogen and oxygen atoms in total. The van der Waals surface area contributed by atoms with Crippen LogP contribution < -0.4 is 10.6 Å². The van der Waals surface area contributed by atoms with Gasteiger partial charge in [-0.1, -0.05) is 0 Å². The van der Waals surface area contributed by atoms with E-state index < -0.39 is 11.9 Å². The number of aliphatic carboxylic acids is 2. The highest BCUT2D eigenvalue weighted by Crippen LogP contribution is 2.30. The number of carboxylic acids is 2. The highest BCUT2D eigenvalue weighted by molar-refractivity contribution is 5.95. The molecule has 0 spiro atoms. The van der Waals surface area contributed by atoms with E-state index in [4.69, 9.17) is 11.1 Å². The quantitative estimate of drug-likeness (QED) is 0.386. The summed E-state index contributed by atoms with van der Waals surface area (Å²) in [6.07, 6.45) is 1.54. The Hall–Kier alpha value is -2.65. The van der Waals surface area contributed by atoms with Gasteiger partial charge in [-0.15, -0.1) is 0 Å². The van der Waals surface area contributed by atoms with Crippen molar-refractivity contribution in [3.63, 3.8) is 0 Å². The minimum Gasteiger partial charge on any atom is -0.481 e. The summed E-state index contributed by atoms with van der Waals surface area (Å²) in [5.41, 5.74) is 7.26. The second-order valence-corrected chi connectivity index (χ2v) is 7.76. The Kier molecular flexibility index (Phi) is 6.71. The van der Waals surface area contributed by atoms with Crippen LogP contribution >= 0.6 is 0 Å². The molecule has 0 aromatic heterocycles. The van der Waals surface area contributed by atoms with Gasteiger partial charge in [-0.25, -0.2) is 0 Å². The number of rotatable bonds is 7. The van der Waals surface area contributed by atoms with Crippen molar-refractivity contribution in [3.05, 3.63) is 29.8 Å². The van der Waals surface area contributed by atoms with Gasteiger partial charge in [0.25, 0.3) is 0 Å². The first-order chi connectivity index (χ1) is 13.8. The Morgan fingerprint density at radius 3 is 2.24 bits per heavy atom. The molecule has 0 aliphatic carbocycles. The van der Waals surface area contributed by atoms with Gasteiger partial charge in [0.2, 0.25) is 0 Å². The summed E-state index contributed by atoms with van der Waals surface area (Å²) in [5, 5.41) is 26.1. The van der Waals surface area contributed by atoms with Crippen LogP contribution in [-0.2, 0) is 9.59 Å². The lowest BCUT2D eigenvalue weighted by Crippen LogP contribution is -2.61. The number of carbonyl (C=O) groups is 2. The van der Waals surface area contributed by atoms with E-state index in [1.807, 2.05) is 29.2 Å². The lowest BCUT2D eigenvalue weighted by Gasteiger charge is -2.49. The largest absolute Gasteiger partial charge is 0.481 e. The average molecular weight is 403 g/mol. The SMILES string of the molecule is N=C(N)c1ccc(N2CCN(C3C(CC(=O)O)CCCN3CC(=O)O)CC2)cc1. The third-order valence-electron chi connectivity index (χ3n) is 5.82. The molecule has 0 radical (unpaired) electrons. The van der Waals surface area contributed by atoms with Crippen LogP contribution in [-0.4, -0.2) is 83.2 Å². The van der Waals surface area contributed by atoms with E-state index in [0.717, 1.165) is 44.7 Å². The van der Waals surface area contributed by atoms with Crippen LogP contribution in [0.5, 0.6) is 0 Å². The second kappa shape index (κ2) is 9.23. The molecular weight excluding hydrogens is 374 g/mol. The Balaban J connectivity index is 1.68. The van der Waals surface area contributed by atoms with E-state index >= 15 is 0 Å². The lowest BCUT2D eigenvalue weighted by atomic mass is 9.89. The molecule has 1 aromatic rings. The average Bonchev–Trinajstić information content (AvgIpc) is 2.68. The summed E-state index contributed by atoms with van der Waals surface area (Å²) in [5.74, 6) is -1.74. The van der Waals surface area contributed by atoms with Gasteiger partial charge < -0.3 is 20.8 Å². The van der Waals surface area contributed by atoms with Crippen molar-refractivity contribution in [3.8, 4) is 0 Å². The topological polar surface area (TPSA) is 134 Å². The van der Waals surface area contributed by atoms with Crippen LogP contribution in [0.25, 0.3) is 0 Å². The van der Waals surface area contributed by atoms with Crippen LogP contribution in [0.3, 0.4) is 0 Å². The molecular formula is C20H29N5O4. The molecule has 1 aromatic carbocycles. The number of nitrogen functional groups attached to an aromatic ring is 1. The fourth-order valence-electron chi connectivity index (χ4n) is 4.54. The first kappa shape index (κ1) is 21.1. The van der Waals surface area contributed by atoms with Gasteiger partial charge in [0.15, 0.2) is 0 Å². The Labute approximate surface area is 170 Å². The van der Waals surface area contributed by atoms with E-state index in [-0.39, 0.29) is 30.9 Å². The Bertz CT molecular complexity index is 722. The van der Waals surface area contributed by atoms with Crippen molar-refractivity contribution in [2.75, 3.05) is 44.2 Å². The predicted molar refractivity (Wildman–Crippen MR) is 109 cm³/mol. The molecule has 2 fully saturated rings. The molecule has 0 amide bonds. The maximum atomic E-state index is 11.4. The fraction of sp³-hybridized carbons (Fsp3) is 0.550. The first-order valence-electron chi connectivity index (χ1n) is 9.96. The maximum Gasteiger partial charge on any atom is 0.317 e. The van der Waals surface area contributed by atoms with Crippen LogP contribution in [0.2, 0.25) is 0 Å². The number of anilines is 1. The van der Waals surface area contributed by atoms with Crippen LogP contribution in [0.4, 0.5) is 5.69 Å². The summed E-state index contributed by atoms with van der Waals surface area (Å²) in [7, 11) is 0. The summed E-state index contributed by atoms with van der Waals surface area (Å²) in [6.45, 7) is 3.65. The van der Waals surface area contributed by atoms with Crippen LogP contribution in [0.15, 0.2) is 24.3 Å². The molecule has 2 atom stereocenters. The predicted octanol–water partition coefficient (Wildman–Crippen LogP) is 0.690. The van der Waals surface area contributed by atoms with Gasteiger partial charge in [-0.3, -0.25) is 24.8 Å². The molecule has 5 N–H and O–H groups in total. The van der Waals surface area contributed by atoms with Gasteiger partial charge in [0.1, 0.15) is 5.84 Å². The molecule has 2 saturated heterocycles. The maximum absolute atomic E-state index is 11.4. The molecule has 2 aliphatic heterocycles. The number of nitrogens with two attached hydrogens (primary N) is 1. The minimum absolute atomic E-state index is 0.0432. The number of hydrogen-bond acceptors (Lipinski definition) is 6. The van der Waals surface area contributed by atoms with Gasteiger partial charge in [0.05, 0.1) is 19.1 Å². The third-order valence-corrected chi connectivity index (χ3v) is 5.82. The molecule has 3 rings (SSSR count). The number of nitrogens with zero attached hydrogens (tertiary/aromatic N) is 3. The number of carboxylic acid groups (broad SMARTS) is 2. The zero-order chi connectivity index (χ0) is 21.0. The van der Waals surface area contributed by atoms with Gasteiger partial charge in [0, 0.05) is 44.0 Å². The van der Waals surface area contributed by atoms with Crippen LogP contribution in [0.1, 0.15) is 24.8 Å². The zero-order valence-electron chi connectivity index (χ0n) is 16.5. The lowest BCUT2D eigenvalue weighted by molar-refractivity contribution is -0.144. The normalized spacial score (nSPS) is 23.7. The summed E-state index contributed by atoms with van der Waals surface area (Å²) in [4.78, 5) is 29.1. The van der Waals surface area contributed by atoms with E-state index in [2.05, 4.69) is 9.80 Å². The molecule has 0 bridgehead atoms. The number of benzene rings is 1. The van der Waals surface area contributed by atoms with Crippen molar-refractivity contribution in [1.29, 1.82) is 5.41 Å². The van der Waals surface area contributed by atoms with Gasteiger partial charge in [-0.05, 0) is 43.0 Å². The molecule has 29 heavy (non-hydrogen) atoms. The zero-order valence-corrected chi connectivity index (χ0v) is 16.5. The van der Waals surface area contributed by atoms with E-state index in [0.29, 0.717) is 12.1 Å². The number of piperidine rings is 1. The molecule has 2 heterocycles. The second-order valence-electron chi connectivity index (χ2n) is 7.76. The molecule has 2 unspecified atom stereocenters. The molecule has 0 saturated carbocycles. The van der Waals surface area contributed by atoms with Gasteiger partial charge in [-0.2, -0.15) is 0 Å². The van der Waals surface area contributed by atoms with Crippen molar-refractivity contribution in [2.45, 2.75) is 25.4 Å². The minimum atomic E-state index is -0.879. The number of hydrogen-bond donors (Lipinski definition) is 4. The van der Waals surface area contributed by atoms with Crippen LogP contribution in [0, 0.1) is 11.3 Å². The third kappa shape index (κ3) is 5.24. The Morgan fingerprint density at radius 2 is 1.69 bits per heavy atom. The van der Waals surface area contributed by atoms with E-state index in [1.54, 1.807) is 0 Å². The van der Waals surface area contributed by atoms with E-state index in [9.17, 15) is 19.8 Å². The molecule has 9 heteroatoms. The molecule has 158 valence electrons. The number of amidine groups is 1. The van der Waals surface area contributed by atoms with Crippen molar-refractivity contribution < 1.29 is 19.8 Å². The first-order valence-corrected chi connectivity index (χ1v) is 9.96. The number of nitrogens with one attached hydrogen (secondary N) is 1. The smallest absolute Gasteiger partial charge is 0.317 e. The highest BCUT2D eigenvalue weighted by Gasteiger charge is 2.38. The highest BCUT2D eigenvalue weighted by atomic mass is 16.4. The fourth-order valence-corrected chi connectivity index (χ4v) is 4.54. The summed E-state index contributed by atoms with van der Waals surface area (Å²) >= 11 is 0. The molecule has 2 aliphatic rings. The number of piperazine rings is 1. The van der Waals surface area contributed by atoms with Crippen molar-refractivity contribution in [2.24, 2.45) is 11.7 Å². The monoisotopic (exact) mass is 403 g/mol. The number of likely N-dealkylation sites (tertiary alicyclic amines) is 1. The van der Waals surface area contributed by atoms with Crippen molar-refractivity contribution in [1.82, 2.24) is 9.80 Å². The summed E-state index contributed by atoms with van der Waals surface area (Å²) in [6, 6.07) is 7.58. The standard InChI is InChI=1S/C20H29N5O4/c21-19(22)14-3-5-16(6-4-14)23-8-10-24(11-9-23)20-15(12-17(26)27)2-1-7-25(20)13-18(28)29/h3-6,15,20H,1-2,7-13H2,(H3,21,22)(H,26,27)(H,28,29). The van der Waals surface area contributed by atoms with E-state index in [1.165, 1.54) is 0 Å². The summed E-state index contributed by atoms with van der Waals surface area (Å²) < 4.78 is 0. The Morgan fingerprint density at radius 1 is 1.03 bits per heavy atom.